The molecule has 0 spiro atoms. The van der Waals surface area contributed by atoms with Gasteiger partial charge >= 0.3 is 0 Å². The maximum atomic E-state index is 9.00. The fourth-order valence-electron chi connectivity index (χ4n) is 1.64. The number of nitriles is 1. The number of nitrogens with zero attached hydrogens (tertiary/aromatic N) is 1. The van der Waals surface area contributed by atoms with Crippen LogP contribution in [0.3, 0.4) is 0 Å². The van der Waals surface area contributed by atoms with E-state index < -0.39 is 6.10 Å². The lowest BCUT2D eigenvalue weighted by atomic mass is 10.1. The predicted molar refractivity (Wildman–Crippen MR) is 70.7 cm³/mol. The van der Waals surface area contributed by atoms with Crippen LogP contribution in [-0.2, 0) is 6.54 Å². The molecule has 4 nitrogen and oxygen atoms in total. The van der Waals surface area contributed by atoms with E-state index in [0.29, 0.717) is 31.1 Å². The Hall–Kier alpha value is -1.73. The molecule has 0 aliphatic carbocycles. The molecule has 0 bridgehead atoms. The molecule has 1 rings (SSSR count). The molecule has 4 heteroatoms. The van der Waals surface area contributed by atoms with E-state index >= 15 is 0 Å². The van der Waals surface area contributed by atoms with Crippen LogP contribution in [0.25, 0.3) is 0 Å². The van der Waals surface area contributed by atoms with Gasteiger partial charge in [-0.25, -0.2) is 0 Å². The summed E-state index contributed by atoms with van der Waals surface area (Å²) in [5.74, 6) is 1.36. The van der Waals surface area contributed by atoms with Gasteiger partial charge in [0, 0.05) is 12.1 Å². The Bertz CT molecular complexity index is 388. The van der Waals surface area contributed by atoms with Gasteiger partial charge in [0.15, 0.2) is 17.6 Å². The van der Waals surface area contributed by atoms with Crippen LogP contribution in [-0.4, -0.2) is 19.8 Å². The Balaban J connectivity index is 3.05. The molecule has 0 aliphatic rings. The lowest BCUT2D eigenvalue weighted by molar-refractivity contribution is 0.229. The highest BCUT2D eigenvalue weighted by Gasteiger charge is 2.15. The first-order valence-electron chi connectivity index (χ1n) is 6.22. The fourth-order valence-corrected chi connectivity index (χ4v) is 1.64. The second kappa shape index (κ2) is 7.57. The van der Waals surface area contributed by atoms with Gasteiger partial charge in [-0.1, -0.05) is 19.1 Å². The van der Waals surface area contributed by atoms with E-state index in [1.807, 2.05) is 39.1 Å². The molecule has 1 N–H and O–H groups in total. The van der Waals surface area contributed by atoms with Gasteiger partial charge in [0.25, 0.3) is 0 Å². The SMILES string of the molecule is CCOc1cccc(CNC)c1OC(C#N)CC. The summed E-state index contributed by atoms with van der Waals surface area (Å²) in [5.41, 5.74) is 0.997. The van der Waals surface area contributed by atoms with Gasteiger partial charge in [0.05, 0.1) is 6.61 Å². The normalized spacial score (nSPS) is 11.7. The van der Waals surface area contributed by atoms with Gasteiger partial charge in [0.1, 0.15) is 6.07 Å². The van der Waals surface area contributed by atoms with E-state index in [0.717, 1.165) is 5.56 Å². The van der Waals surface area contributed by atoms with Crippen molar-refractivity contribution in [1.82, 2.24) is 5.32 Å². The average Bonchev–Trinajstić information content (AvgIpc) is 2.39. The number of nitrogens with one attached hydrogen (secondary N) is 1. The van der Waals surface area contributed by atoms with E-state index in [2.05, 4.69) is 11.4 Å². The first-order chi connectivity index (χ1) is 8.76. The largest absolute Gasteiger partial charge is 0.490 e. The molecule has 0 heterocycles. The third-order valence-electron chi connectivity index (χ3n) is 2.50. The van der Waals surface area contributed by atoms with Crippen molar-refractivity contribution in [2.24, 2.45) is 0 Å². The Morgan fingerprint density at radius 3 is 2.72 bits per heavy atom. The monoisotopic (exact) mass is 248 g/mol. The number of benzene rings is 1. The molecule has 1 aromatic rings. The van der Waals surface area contributed by atoms with Crippen LogP contribution >= 0.6 is 0 Å². The van der Waals surface area contributed by atoms with Gasteiger partial charge in [0.2, 0.25) is 0 Å². The lowest BCUT2D eigenvalue weighted by Crippen LogP contribution is -2.16. The minimum absolute atomic E-state index is 0.442. The van der Waals surface area contributed by atoms with E-state index in [4.69, 9.17) is 14.7 Å². The van der Waals surface area contributed by atoms with Crippen molar-refractivity contribution in [1.29, 1.82) is 5.26 Å². The average molecular weight is 248 g/mol. The Morgan fingerprint density at radius 1 is 1.39 bits per heavy atom. The Labute approximate surface area is 109 Å². The van der Waals surface area contributed by atoms with Gasteiger partial charge in [-0.2, -0.15) is 5.26 Å². The summed E-state index contributed by atoms with van der Waals surface area (Å²) in [6.45, 7) is 5.10. The number of rotatable bonds is 7. The molecular weight excluding hydrogens is 228 g/mol. The van der Waals surface area contributed by atoms with Crippen LogP contribution in [0.15, 0.2) is 18.2 Å². The molecule has 0 aliphatic heterocycles. The van der Waals surface area contributed by atoms with E-state index in [1.165, 1.54) is 0 Å². The van der Waals surface area contributed by atoms with Crippen molar-refractivity contribution >= 4 is 0 Å². The minimum Gasteiger partial charge on any atom is -0.490 e. The molecule has 0 saturated heterocycles. The van der Waals surface area contributed by atoms with Gasteiger partial charge in [-0.15, -0.1) is 0 Å². The zero-order valence-corrected chi connectivity index (χ0v) is 11.2. The molecule has 18 heavy (non-hydrogen) atoms. The predicted octanol–water partition coefficient (Wildman–Crippen LogP) is 2.49. The first-order valence-corrected chi connectivity index (χ1v) is 6.22. The third-order valence-corrected chi connectivity index (χ3v) is 2.50. The molecule has 1 atom stereocenters. The maximum Gasteiger partial charge on any atom is 0.184 e. The fraction of sp³-hybridized carbons (Fsp3) is 0.500. The topological polar surface area (TPSA) is 54.3 Å². The third kappa shape index (κ3) is 3.64. The van der Waals surface area contributed by atoms with Crippen molar-refractivity contribution < 1.29 is 9.47 Å². The number of ether oxygens (including phenoxy) is 2. The van der Waals surface area contributed by atoms with Crippen molar-refractivity contribution in [2.75, 3.05) is 13.7 Å². The molecular formula is C14H20N2O2. The van der Waals surface area contributed by atoms with Crippen LogP contribution in [0, 0.1) is 11.3 Å². The molecule has 0 aromatic heterocycles. The van der Waals surface area contributed by atoms with Crippen LogP contribution in [0.5, 0.6) is 11.5 Å². The van der Waals surface area contributed by atoms with E-state index in [-0.39, 0.29) is 0 Å². The van der Waals surface area contributed by atoms with Gasteiger partial charge in [-0.3, -0.25) is 0 Å². The number of para-hydroxylation sites is 1. The van der Waals surface area contributed by atoms with Crippen LogP contribution in [0.1, 0.15) is 25.8 Å². The second-order valence-electron chi connectivity index (χ2n) is 3.85. The molecule has 0 fully saturated rings. The van der Waals surface area contributed by atoms with Gasteiger partial charge < -0.3 is 14.8 Å². The summed E-state index contributed by atoms with van der Waals surface area (Å²) in [7, 11) is 1.87. The smallest absolute Gasteiger partial charge is 0.184 e. The minimum atomic E-state index is -0.442. The van der Waals surface area contributed by atoms with Gasteiger partial charge in [-0.05, 0) is 26.5 Å². The first kappa shape index (κ1) is 14.3. The Morgan fingerprint density at radius 2 is 2.17 bits per heavy atom. The van der Waals surface area contributed by atoms with Crippen molar-refractivity contribution in [3.63, 3.8) is 0 Å². The second-order valence-corrected chi connectivity index (χ2v) is 3.85. The zero-order chi connectivity index (χ0) is 13.4. The molecule has 0 saturated carbocycles. The van der Waals surface area contributed by atoms with Crippen LogP contribution in [0.2, 0.25) is 0 Å². The van der Waals surface area contributed by atoms with E-state index in [9.17, 15) is 0 Å². The highest BCUT2D eigenvalue weighted by atomic mass is 16.5. The molecule has 1 unspecified atom stereocenters. The number of hydrogen-bond donors (Lipinski definition) is 1. The van der Waals surface area contributed by atoms with Crippen molar-refractivity contribution in [3.05, 3.63) is 23.8 Å². The highest BCUT2D eigenvalue weighted by Crippen LogP contribution is 2.32. The summed E-state index contributed by atoms with van der Waals surface area (Å²) in [5, 5.41) is 12.1. The van der Waals surface area contributed by atoms with Crippen molar-refractivity contribution in [3.8, 4) is 17.6 Å². The highest BCUT2D eigenvalue weighted by molar-refractivity contribution is 5.47. The molecule has 0 amide bonds. The molecule has 1 aromatic carbocycles. The van der Waals surface area contributed by atoms with Crippen LogP contribution < -0.4 is 14.8 Å². The summed E-state index contributed by atoms with van der Waals surface area (Å²) in [4.78, 5) is 0. The summed E-state index contributed by atoms with van der Waals surface area (Å²) < 4.78 is 11.3. The summed E-state index contributed by atoms with van der Waals surface area (Å²) >= 11 is 0. The lowest BCUT2D eigenvalue weighted by Gasteiger charge is -2.18. The van der Waals surface area contributed by atoms with E-state index in [1.54, 1.807) is 0 Å². The molecule has 0 radical (unpaired) electrons. The maximum absolute atomic E-state index is 9.00. The summed E-state index contributed by atoms with van der Waals surface area (Å²) in [6, 6.07) is 7.90. The zero-order valence-electron chi connectivity index (χ0n) is 11.2. The quantitative estimate of drug-likeness (QED) is 0.805. The molecule has 98 valence electrons. The summed E-state index contributed by atoms with van der Waals surface area (Å²) in [6.07, 6.45) is 0.206. The van der Waals surface area contributed by atoms with Crippen molar-refractivity contribution in [2.45, 2.75) is 32.9 Å². The number of hydrogen-bond acceptors (Lipinski definition) is 4. The van der Waals surface area contributed by atoms with Crippen LogP contribution in [0.4, 0.5) is 0 Å². The Kier molecular flexibility index (Phi) is 6.03. The standard InChI is InChI=1S/C14H20N2O2/c1-4-12(9-15)18-14-11(10-16-3)7-6-8-13(14)17-5-2/h6-8,12,16H,4-5,10H2,1-3H3.